The molecule has 190 valence electrons. The van der Waals surface area contributed by atoms with Crippen LogP contribution < -0.4 is 20.1 Å². The number of nitrogens with one attached hydrogen (secondary N) is 2. The Hall–Kier alpha value is -2.03. The minimum absolute atomic E-state index is 0.0253. The second-order valence-corrected chi connectivity index (χ2v) is 10.3. The van der Waals surface area contributed by atoms with Gasteiger partial charge >= 0.3 is 6.03 Å². The van der Waals surface area contributed by atoms with Crippen molar-refractivity contribution in [3.63, 3.8) is 0 Å². The fourth-order valence-corrected chi connectivity index (χ4v) is 6.21. The number of carbonyl (C=O) groups excluding carboxylic acids is 1. The first-order valence-corrected chi connectivity index (χ1v) is 12.8. The summed E-state index contributed by atoms with van der Waals surface area (Å²) in [5, 5.41) is 6.35. The van der Waals surface area contributed by atoms with Crippen LogP contribution in [0.4, 0.5) is 4.79 Å². The van der Waals surface area contributed by atoms with E-state index in [-0.39, 0.29) is 17.5 Å². The zero-order valence-corrected chi connectivity index (χ0v) is 21.4. The van der Waals surface area contributed by atoms with Gasteiger partial charge in [-0.3, -0.25) is 0 Å². The van der Waals surface area contributed by atoms with Crippen molar-refractivity contribution in [2.75, 3.05) is 74.1 Å². The minimum Gasteiger partial charge on any atom is -0.493 e. The number of carbonyl (C=O) groups is 1. The molecule has 1 aromatic carbocycles. The summed E-state index contributed by atoms with van der Waals surface area (Å²) in [7, 11) is 7.77. The number of benzene rings is 1. The Balaban J connectivity index is 1.29. The topological polar surface area (TPSA) is 69.3 Å². The van der Waals surface area contributed by atoms with Crippen molar-refractivity contribution in [1.29, 1.82) is 0 Å². The highest BCUT2D eigenvalue weighted by Gasteiger charge is 2.50. The van der Waals surface area contributed by atoms with E-state index in [4.69, 9.17) is 9.47 Å². The maximum atomic E-state index is 12.6. The van der Waals surface area contributed by atoms with Gasteiger partial charge in [0, 0.05) is 50.2 Å². The van der Waals surface area contributed by atoms with Crippen molar-refractivity contribution in [2.45, 2.75) is 49.6 Å². The number of amides is 2. The third-order valence-corrected chi connectivity index (χ3v) is 8.35. The van der Waals surface area contributed by atoms with E-state index in [9.17, 15) is 4.79 Å². The van der Waals surface area contributed by atoms with Crippen molar-refractivity contribution in [3.05, 3.63) is 23.8 Å². The van der Waals surface area contributed by atoms with Gasteiger partial charge < -0.3 is 34.8 Å². The second kappa shape index (κ2) is 11.1. The van der Waals surface area contributed by atoms with Gasteiger partial charge in [0.1, 0.15) is 0 Å². The van der Waals surface area contributed by atoms with Crippen molar-refractivity contribution in [3.8, 4) is 11.5 Å². The van der Waals surface area contributed by atoms with Crippen LogP contribution in [0.25, 0.3) is 0 Å². The van der Waals surface area contributed by atoms with E-state index in [1.54, 1.807) is 14.2 Å². The molecule has 8 nitrogen and oxygen atoms in total. The number of ether oxygens (including phenoxy) is 2. The lowest BCUT2D eigenvalue weighted by atomic mass is 9.65. The summed E-state index contributed by atoms with van der Waals surface area (Å²) < 4.78 is 11.0. The minimum atomic E-state index is -0.0253. The van der Waals surface area contributed by atoms with Gasteiger partial charge in [-0.2, -0.15) is 0 Å². The first-order valence-electron chi connectivity index (χ1n) is 12.8. The van der Waals surface area contributed by atoms with Gasteiger partial charge in [0.15, 0.2) is 11.5 Å². The normalized spacial score (nSPS) is 28.4. The molecule has 2 N–H and O–H groups in total. The van der Waals surface area contributed by atoms with Crippen LogP contribution in [0.15, 0.2) is 18.2 Å². The Morgan fingerprint density at radius 1 is 1.06 bits per heavy atom. The summed E-state index contributed by atoms with van der Waals surface area (Å²) >= 11 is 0. The second-order valence-electron chi connectivity index (χ2n) is 10.3. The Bertz CT molecular complexity index is 829. The largest absolute Gasteiger partial charge is 0.493 e. The molecule has 1 aliphatic carbocycles. The molecule has 2 saturated heterocycles. The number of nitrogens with zero attached hydrogens (tertiary/aromatic N) is 3. The van der Waals surface area contributed by atoms with Crippen LogP contribution in [-0.2, 0) is 5.41 Å². The van der Waals surface area contributed by atoms with Gasteiger partial charge in [0.25, 0.3) is 0 Å². The van der Waals surface area contributed by atoms with Crippen LogP contribution in [0.1, 0.15) is 37.7 Å². The standard InChI is InChI=1S/C26H43N5O3/c1-29-14-16-31(17-15-29)12-5-11-27-25(32)28-21-8-9-26(10-13-30(2)24(26)19-21)20-6-7-22(33-3)23(18-20)34-4/h6-7,18,21,24H,5,8-17,19H2,1-4H3,(H2,27,28,32)/t21-,24+,26+/m1/s1. The number of hydrogen-bond acceptors (Lipinski definition) is 6. The average molecular weight is 474 g/mol. The molecule has 34 heavy (non-hydrogen) atoms. The van der Waals surface area contributed by atoms with E-state index >= 15 is 0 Å². The number of methoxy groups -OCH3 is 2. The molecule has 2 heterocycles. The lowest BCUT2D eigenvalue weighted by Gasteiger charge is -2.45. The van der Waals surface area contributed by atoms with E-state index < -0.39 is 0 Å². The Morgan fingerprint density at radius 2 is 1.82 bits per heavy atom. The van der Waals surface area contributed by atoms with E-state index in [2.05, 4.69) is 51.6 Å². The van der Waals surface area contributed by atoms with Crippen LogP contribution in [0, 0.1) is 0 Å². The molecular weight excluding hydrogens is 430 g/mol. The highest BCUT2D eigenvalue weighted by molar-refractivity contribution is 5.74. The van der Waals surface area contributed by atoms with Crippen LogP contribution in [0.3, 0.4) is 0 Å². The first kappa shape index (κ1) is 25.1. The fraction of sp³-hybridized carbons (Fsp3) is 0.731. The first-order chi connectivity index (χ1) is 16.4. The van der Waals surface area contributed by atoms with E-state index in [1.165, 1.54) is 5.56 Å². The molecule has 2 aliphatic heterocycles. The van der Waals surface area contributed by atoms with Crippen molar-refractivity contribution in [2.24, 2.45) is 0 Å². The van der Waals surface area contributed by atoms with Crippen LogP contribution in [-0.4, -0.2) is 107 Å². The van der Waals surface area contributed by atoms with E-state index in [0.29, 0.717) is 6.04 Å². The number of likely N-dealkylation sites (N-methyl/N-ethyl adjacent to an activating group) is 2. The summed E-state index contributed by atoms with van der Waals surface area (Å²) in [4.78, 5) is 19.9. The summed E-state index contributed by atoms with van der Waals surface area (Å²) in [6.45, 7) is 7.38. The molecule has 4 rings (SSSR count). The number of urea groups is 1. The molecule has 0 bridgehead atoms. The number of hydrogen-bond donors (Lipinski definition) is 2. The molecule has 1 saturated carbocycles. The third kappa shape index (κ3) is 5.44. The van der Waals surface area contributed by atoms with Gasteiger partial charge in [-0.05, 0) is 77.0 Å². The number of piperazine rings is 1. The zero-order valence-electron chi connectivity index (χ0n) is 21.4. The zero-order chi connectivity index (χ0) is 24.1. The molecule has 0 unspecified atom stereocenters. The molecule has 8 heteroatoms. The third-order valence-electron chi connectivity index (χ3n) is 8.35. The van der Waals surface area contributed by atoms with Crippen LogP contribution in [0.5, 0.6) is 11.5 Å². The highest BCUT2D eigenvalue weighted by Crippen LogP contribution is 2.49. The van der Waals surface area contributed by atoms with Gasteiger partial charge in [-0.1, -0.05) is 6.07 Å². The molecule has 3 fully saturated rings. The predicted molar refractivity (Wildman–Crippen MR) is 135 cm³/mol. The maximum absolute atomic E-state index is 12.6. The molecule has 0 spiro atoms. The van der Waals surface area contributed by atoms with Gasteiger partial charge in [0.2, 0.25) is 0 Å². The van der Waals surface area contributed by atoms with Crippen molar-refractivity contribution >= 4 is 6.03 Å². The number of fused-ring (bicyclic) bond motifs is 1. The average Bonchev–Trinajstić information content (AvgIpc) is 3.19. The summed E-state index contributed by atoms with van der Waals surface area (Å²) in [6.07, 6.45) is 5.16. The van der Waals surface area contributed by atoms with Crippen LogP contribution >= 0.6 is 0 Å². The van der Waals surface area contributed by atoms with E-state index in [1.807, 2.05) is 6.07 Å². The molecule has 0 aromatic heterocycles. The molecule has 3 atom stereocenters. The van der Waals surface area contributed by atoms with Gasteiger partial charge in [0.05, 0.1) is 14.2 Å². The van der Waals surface area contributed by atoms with Crippen molar-refractivity contribution in [1.82, 2.24) is 25.3 Å². The molecule has 0 radical (unpaired) electrons. The summed E-state index contributed by atoms with van der Waals surface area (Å²) in [5.74, 6) is 1.56. The maximum Gasteiger partial charge on any atom is 0.315 e. The van der Waals surface area contributed by atoms with Gasteiger partial charge in [-0.25, -0.2) is 4.79 Å². The lowest BCUT2D eigenvalue weighted by Crippen LogP contribution is -2.53. The molecule has 3 aliphatic rings. The predicted octanol–water partition coefficient (Wildman–Crippen LogP) is 2.13. The molecular formula is C26H43N5O3. The fourth-order valence-electron chi connectivity index (χ4n) is 6.21. The highest BCUT2D eigenvalue weighted by atomic mass is 16.5. The number of rotatable bonds is 8. The number of likely N-dealkylation sites (tertiary alicyclic amines) is 1. The Morgan fingerprint density at radius 3 is 2.56 bits per heavy atom. The Labute approximate surface area is 204 Å². The van der Waals surface area contributed by atoms with Crippen LogP contribution in [0.2, 0.25) is 0 Å². The Kier molecular flexibility index (Phi) is 8.22. The smallest absolute Gasteiger partial charge is 0.315 e. The lowest BCUT2D eigenvalue weighted by molar-refractivity contribution is 0.151. The SMILES string of the molecule is COc1ccc([C@@]23CC[C@@H](NC(=O)NCCCN4CCN(C)CC4)C[C@@H]2N(C)CC3)cc1OC. The summed E-state index contributed by atoms with van der Waals surface area (Å²) in [6, 6.07) is 6.97. The molecule has 2 amide bonds. The summed E-state index contributed by atoms with van der Waals surface area (Å²) in [5.41, 5.74) is 1.43. The monoisotopic (exact) mass is 473 g/mol. The quantitative estimate of drug-likeness (QED) is 0.564. The van der Waals surface area contributed by atoms with Gasteiger partial charge in [-0.15, -0.1) is 0 Å². The molecule has 1 aromatic rings. The van der Waals surface area contributed by atoms with E-state index in [0.717, 1.165) is 89.4 Å². The van der Waals surface area contributed by atoms with Crippen molar-refractivity contribution < 1.29 is 14.3 Å².